The van der Waals surface area contributed by atoms with Crippen molar-refractivity contribution < 1.29 is 14.2 Å². The van der Waals surface area contributed by atoms with Crippen LogP contribution in [0.3, 0.4) is 0 Å². The number of hydrogen-bond donors (Lipinski definition) is 0. The molecule has 132 valence electrons. The SMILES string of the molecule is COc1cc(N2C[C@H](OCc3cccnc3)[C@H]3OCCC[C@H]32)ncn1. The first kappa shape index (κ1) is 16.2. The first-order valence-electron chi connectivity index (χ1n) is 8.60. The number of aromatic nitrogens is 3. The van der Waals surface area contributed by atoms with Crippen LogP contribution in [0.15, 0.2) is 36.9 Å². The van der Waals surface area contributed by atoms with E-state index in [-0.39, 0.29) is 18.2 Å². The minimum atomic E-state index is 0.00599. The summed E-state index contributed by atoms with van der Waals surface area (Å²) in [6, 6.07) is 6.09. The molecule has 0 aromatic carbocycles. The van der Waals surface area contributed by atoms with Crippen LogP contribution in [0.2, 0.25) is 0 Å². The molecule has 4 rings (SSSR count). The van der Waals surface area contributed by atoms with Gasteiger partial charge in [-0.05, 0) is 24.5 Å². The zero-order valence-electron chi connectivity index (χ0n) is 14.2. The third-order valence-electron chi connectivity index (χ3n) is 4.79. The number of anilines is 1. The van der Waals surface area contributed by atoms with Gasteiger partial charge >= 0.3 is 0 Å². The van der Waals surface area contributed by atoms with Gasteiger partial charge in [0.1, 0.15) is 24.4 Å². The van der Waals surface area contributed by atoms with Crippen LogP contribution in [0.1, 0.15) is 18.4 Å². The quantitative estimate of drug-likeness (QED) is 0.821. The van der Waals surface area contributed by atoms with Crippen molar-refractivity contribution in [2.45, 2.75) is 37.7 Å². The van der Waals surface area contributed by atoms with Crippen LogP contribution < -0.4 is 9.64 Å². The second kappa shape index (κ2) is 7.33. The molecule has 0 bridgehead atoms. The number of nitrogens with zero attached hydrogens (tertiary/aromatic N) is 4. The van der Waals surface area contributed by atoms with Gasteiger partial charge in [-0.25, -0.2) is 9.97 Å². The van der Waals surface area contributed by atoms with Crippen LogP contribution >= 0.6 is 0 Å². The van der Waals surface area contributed by atoms with Gasteiger partial charge in [0.25, 0.3) is 0 Å². The van der Waals surface area contributed by atoms with E-state index in [9.17, 15) is 0 Å². The van der Waals surface area contributed by atoms with Gasteiger partial charge in [-0.15, -0.1) is 0 Å². The van der Waals surface area contributed by atoms with E-state index in [4.69, 9.17) is 14.2 Å². The Kier molecular flexibility index (Phi) is 4.76. The lowest BCUT2D eigenvalue weighted by molar-refractivity contribution is -0.0784. The molecule has 25 heavy (non-hydrogen) atoms. The van der Waals surface area contributed by atoms with E-state index in [0.717, 1.165) is 37.4 Å². The van der Waals surface area contributed by atoms with Crippen LogP contribution in [0.5, 0.6) is 5.88 Å². The molecule has 2 aliphatic heterocycles. The van der Waals surface area contributed by atoms with Crippen molar-refractivity contribution in [3.05, 3.63) is 42.5 Å². The molecule has 4 heterocycles. The molecule has 0 N–H and O–H groups in total. The summed E-state index contributed by atoms with van der Waals surface area (Å²) < 4.78 is 17.5. The third-order valence-corrected chi connectivity index (χ3v) is 4.79. The smallest absolute Gasteiger partial charge is 0.218 e. The summed E-state index contributed by atoms with van der Waals surface area (Å²) in [7, 11) is 1.61. The Bertz CT molecular complexity index is 700. The largest absolute Gasteiger partial charge is 0.481 e. The lowest BCUT2D eigenvalue weighted by Gasteiger charge is -2.32. The number of rotatable bonds is 5. The lowest BCUT2D eigenvalue weighted by Crippen LogP contribution is -2.42. The van der Waals surface area contributed by atoms with Gasteiger partial charge in [0.2, 0.25) is 5.88 Å². The van der Waals surface area contributed by atoms with Crippen LogP contribution in [-0.4, -0.2) is 53.5 Å². The predicted molar refractivity (Wildman–Crippen MR) is 91.5 cm³/mol. The summed E-state index contributed by atoms with van der Waals surface area (Å²) in [5.74, 6) is 1.43. The highest BCUT2D eigenvalue weighted by Gasteiger charge is 2.45. The van der Waals surface area contributed by atoms with Crippen molar-refractivity contribution in [2.24, 2.45) is 0 Å². The van der Waals surface area contributed by atoms with Gasteiger partial charge in [-0.1, -0.05) is 6.07 Å². The fourth-order valence-corrected chi connectivity index (χ4v) is 3.61. The van der Waals surface area contributed by atoms with Crippen LogP contribution in [0.25, 0.3) is 0 Å². The van der Waals surface area contributed by atoms with Crippen molar-refractivity contribution in [2.75, 3.05) is 25.2 Å². The summed E-state index contributed by atoms with van der Waals surface area (Å²) >= 11 is 0. The van der Waals surface area contributed by atoms with E-state index in [1.54, 1.807) is 13.3 Å². The maximum atomic E-state index is 6.19. The summed E-state index contributed by atoms with van der Waals surface area (Å²) in [6.45, 7) is 2.07. The van der Waals surface area contributed by atoms with Crippen molar-refractivity contribution >= 4 is 5.82 Å². The van der Waals surface area contributed by atoms with Crippen LogP contribution in [0, 0.1) is 0 Å². The Balaban J connectivity index is 1.51. The van der Waals surface area contributed by atoms with E-state index >= 15 is 0 Å². The summed E-state index contributed by atoms with van der Waals surface area (Å²) in [4.78, 5) is 14.9. The van der Waals surface area contributed by atoms with Crippen LogP contribution in [0.4, 0.5) is 5.82 Å². The normalized spacial score (nSPS) is 25.6. The minimum Gasteiger partial charge on any atom is -0.481 e. The predicted octanol–water partition coefficient (Wildman–Crippen LogP) is 1.83. The fourth-order valence-electron chi connectivity index (χ4n) is 3.61. The molecule has 2 fully saturated rings. The standard InChI is InChI=1S/C18H22N4O3/c1-23-17-8-16(20-12-21-17)22-10-15(18-14(22)5-3-7-24-18)25-11-13-4-2-6-19-9-13/h2,4,6,8-9,12,14-15,18H,3,5,7,10-11H2,1H3/t14-,15+,18+/m1/s1. The third kappa shape index (κ3) is 3.43. The molecule has 2 aliphatic rings. The molecule has 2 saturated heterocycles. The average molecular weight is 342 g/mol. The highest BCUT2D eigenvalue weighted by molar-refractivity contribution is 5.45. The molecule has 0 amide bonds. The Hall–Kier alpha value is -2.25. The number of pyridine rings is 1. The van der Waals surface area contributed by atoms with Crippen LogP contribution in [-0.2, 0) is 16.1 Å². The van der Waals surface area contributed by atoms with Gasteiger partial charge in [0.05, 0.1) is 19.8 Å². The van der Waals surface area contributed by atoms with E-state index in [1.165, 1.54) is 6.33 Å². The lowest BCUT2D eigenvalue weighted by atomic mass is 10.0. The van der Waals surface area contributed by atoms with Crippen molar-refractivity contribution in [3.8, 4) is 5.88 Å². The van der Waals surface area contributed by atoms with Crippen molar-refractivity contribution in [3.63, 3.8) is 0 Å². The van der Waals surface area contributed by atoms with Gasteiger partial charge in [-0.2, -0.15) is 0 Å². The summed E-state index contributed by atoms with van der Waals surface area (Å²) in [5, 5.41) is 0. The second-order valence-corrected chi connectivity index (χ2v) is 6.33. The van der Waals surface area contributed by atoms with E-state index in [1.807, 2.05) is 24.4 Å². The molecule has 2 aromatic rings. The molecule has 0 radical (unpaired) electrons. The first-order valence-corrected chi connectivity index (χ1v) is 8.60. The molecule has 0 saturated carbocycles. The van der Waals surface area contributed by atoms with Crippen molar-refractivity contribution in [1.82, 2.24) is 15.0 Å². The summed E-state index contributed by atoms with van der Waals surface area (Å²) in [6.07, 6.45) is 7.33. The Morgan fingerprint density at radius 2 is 2.32 bits per heavy atom. The zero-order valence-corrected chi connectivity index (χ0v) is 14.2. The molecular weight excluding hydrogens is 320 g/mol. The van der Waals surface area contributed by atoms with Crippen molar-refractivity contribution in [1.29, 1.82) is 0 Å². The number of ether oxygens (including phenoxy) is 3. The minimum absolute atomic E-state index is 0.00599. The van der Waals surface area contributed by atoms with E-state index < -0.39 is 0 Å². The molecular formula is C18H22N4O3. The molecule has 0 unspecified atom stereocenters. The Labute approximate surface area is 147 Å². The first-order chi connectivity index (χ1) is 12.3. The maximum absolute atomic E-state index is 6.19. The Morgan fingerprint density at radius 3 is 3.16 bits per heavy atom. The molecule has 7 nitrogen and oxygen atoms in total. The fraction of sp³-hybridized carbons (Fsp3) is 0.500. The topological polar surface area (TPSA) is 69.6 Å². The van der Waals surface area contributed by atoms with Gasteiger partial charge in [-0.3, -0.25) is 4.98 Å². The Morgan fingerprint density at radius 1 is 1.36 bits per heavy atom. The van der Waals surface area contributed by atoms with E-state index in [0.29, 0.717) is 12.5 Å². The van der Waals surface area contributed by atoms with Gasteiger partial charge in [0.15, 0.2) is 0 Å². The average Bonchev–Trinajstić information content (AvgIpc) is 3.06. The zero-order chi connectivity index (χ0) is 17.1. The summed E-state index contributed by atoms with van der Waals surface area (Å²) in [5.41, 5.74) is 1.07. The van der Waals surface area contributed by atoms with E-state index in [2.05, 4.69) is 19.9 Å². The highest BCUT2D eigenvalue weighted by Crippen LogP contribution is 2.34. The molecule has 3 atom stereocenters. The molecule has 7 heteroatoms. The molecule has 0 spiro atoms. The highest BCUT2D eigenvalue weighted by atomic mass is 16.5. The number of methoxy groups -OCH3 is 1. The number of fused-ring (bicyclic) bond motifs is 1. The second-order valence-electron chi connectivity index (χ2n) is 6.33. The van der Waals surface area contributed by atoms with Gasteiger partial charge < -0.3 is 19.1 Å². The number of hydrogen-bond acceptors (Lipinski definition) is 7. The molecule has 0 aliphatic carbocycles. The monoisotopic (exact) mass is 342 g/mol. The molecule has 2 aromatic heterocycles. The maximum Gasteiger partial charge on any atom is 0.218 e. The van der Waals surface area contributed by atoms with Gasteiger partial charge in [0, 0.05) is 31.6 Å².